The van der Waals surface area contributed by atoms with Gasteiger partial charge in [-0.15, -0.1) is 0 Å². The van der Waals surface area contributed by atoms with E-state index in [0.717, 1.165) is 12.5 Å². The summed E-state index contributed by atoms with van der Waals surface area (Å²) in [7, 11) is -6.41. The van der Waals surface area contributed by atoms with Gasteiger partial charge in [0, 0.05) is 64.6 Å². The van der Waals surface area contributed by atoms with E-state index in [1.54, 1.807) is 0 Å². The lowest BCUT2D eigenvalue weighted by molar-refractivity contribution is -0.396. The second kappa shape index (κ2) is 18.6. The average Bonchev–Trinajstić information content (AvgIpc) is 2.83. The largest absolute Gasteiger partial charge is 0.501 e. The van der Waals surface area contributed by atoms with Crippen LogP contribution < -0.4 is 0 Å². The summed E-state index contributed by atoms with van der Waals surface area (Å²) in [6.07, 6.45) is -7.56. The second-order valence-electron chi connectivity index (χ2n) is 7.83. The number of nitrogens with zero attached hydrogens (tertiary/aromatic N) is 1. The smallest absolute Gasteiger partial charge is 0.374 e. The number of alkyl halides is 9. The van der Waals surface area contributed by atoms with Crippen LogP contribution in [0.4, 0.5) is 39.5 Å². The highest BCUT2D eigenvalue weighted by molar-refractivity contribution is 6.61. The maximum atomic E-state index is 13.6. The van der Waals surface area contributed by atoms with Crippen molar-refractivity contribution in [1.82, 2.24) is 0 Å². The standard InChI is InChI=1S/C12H19F9O3Si.C10H21NO3Si/c1-4-22-25(23-5-2,24-6-3)8-7-9(13,14)10(15,16)11(17,18)12(19,20)21;1-4-12-15(13-5-2,14-6-3)10-8-7-9-11/h4-8H2,1-3H3;4-8,10H2,1-3H3. The molecule has 0 saturated carbocycles. The molecule has 7 nitrogen and oxygen atoms in total. The van der Waals surface area contributed by atoms with E-state index in [2.05, 4.69) is 6.07 Å². The number of unbranched alkanes of at least 4 members (excludes halogenated alkanes) is 1. The highest BCUT2D eigenvalue weighted by Crippen LogP contribution is 2.54. The predicted octanol–water partition coefficient (Wildman–Crippen LogP) is 7.23. The van der Waals surface area contributed by atoms with Gasteiger partial charge in [-0.25, -0.2) is 0 Å². The van der Waals surface area contributed by atoms with Crippen molar-refractivity contribution in [2.24, 2.45) is 0 Å². The number of hydrogen-bond acceptors (Lipinski definition) is 7. The van der Waals surface area contributed by atoms with Crippen LogP contribution in [0, 0.1) is 11.3 Å². The maximum absolute atomic E-state index is 13.6. The van der Waals surface area contributed by atoms with Crippen molar-refractivity contribution in [2.75, 3.05) is 39.6 Å². The van der Waals surface area contributed by atoms with E-state index in [1.165, 1.54) is 20.8 Å². The quantitative estimate of drug-likeness (QED) is 0.0789. The first kappa shape index (κ1) is 41.2. The Morgan fingerprint density at radius 3 is 1.15 bits per heavy atom. The fourth-order valence-electron chi connectivity index (χ4n) is 3.26. The third-order valence-electron chi connectivity index (χ3n) is 4.91. The van der Waals surface area contributed by atoms with Gasteiger partial charge in [0.1, 0.15) is 0 Å². The minimum Gasteiger partial charge on any atom is -0.374 e. The third kappa shape index (κ3) is 12.1. The first-order valence-electron chi connectivity index (χ1n) is 12.8. The Labute approximate surface area is 231 Å². The van der Waals surface area contributed by atoms with Crippen molar-refractivity contribution in [3.63, 3.8) is 0 Å². The zero-order chi connectivity index (χ0) is 31.7. The van der Waals surface area contributed by atoms with Crippen LogP contribution in [0.1, 0.15) is 60.8 Å². The van der Waals surface area contributed by atoms with Crippen LogP contribution in [-0.4, -0.2) is 81.2 Å². The highest BCUT2D eigenvalue weighted by Gasteiger charge is 2.81. The molecule has 0 aromatic carbocycles. The molecular weight excluding hydrogens is 601 g/mol. The number of rotatable bonds is 20. The maximum Gasteiger partial charge on any atom is 0.501 e. The lowest BCUT2D eigenvalue weighted by Gasteiger charge is -2.35. The molecule has 0 bridgehead atoms. The normalized spacial score (nSPS) is 13.6. The Bertz CT molecular complexity index is 694. The van der Waals surface area contributed by atoms with Crippen molar-refractivity contribution in [1.29, 1.82) is 5.26 Å². The van der Waals surface area contributed by atoms with Gasteiger partial charge in [0.05, 0.1) is 6.07 Å². The predicted molar refractivity (Wildman–Crippen MR) is 131 cm³/mol. The summed E-state index contributed by atoms with van der Waals surface area (Å²) in [6, 6.07) is 1.80. The molecule has 0 aliphatic heterocycles. The van der Waals surface area contributed by atoms with Crippen LogP contribution in [-0.2, 0) is 26.6 Å². The van der Waals surface area contributed by atoms with Gasteiger partial charge >= 0.3 is 41.6 Å². The van der Waals surface area contributed by atoms with Gasteiger partial charge in [-0.3, -0.25) is 0 Å². The minimum absolute atomic E-state index is 0.118. The van der Waals surface area contributed by atoms with Crippen LogP contribution in [0.5, 0.6) is 0 Å². The molecule has 0 aromatic heterocycles. The zero-order valence-corrected chi connectivity index (χ0v) is 25.6. The molecule has 0 radical (unpaired) electrons. The van der Waals surface area contributed by atoms with Gasteiger partial charge in [-0.2, -0.15) is 44.8 Å². The van der Waals surface area contributed by atoms with E-state index in [1.807, 2.05) is 20.8 Å². The van der Waals surface area contributed by atoms with Crippen molar-refractivity contribution < 1.29 is 66.1 Å². The fourth-order valence-corrected chi connectivity index (χ4v) is 8.50. The number of halogens is 9. The molecule has 0 rings (SSSR count). The minimum atomic E-state index is -6.91. The van der Waals surface area contributed by atoms with E-state index in [9.17, 15) is 39.5 Å². The molecule has 0 aliphatic carbocycles. The Hall–Kier alpha value is -0.946. The molecule has 0 heterocycles. The molecule has 0 atom stereocenters. The van der Waals surface area contributed by atoms with Crippen molar-refractivity contribution >= 4 is 17.6 Å². The van der Waals surface area contributed by atoms with E-state index in [0.29, 0.717) is 26.2 Å². The molecular formula is C22H40F9NO6Si2. The van der Waals surface area contributed by atoms with Crippen LogP contribution in [0.15, 0.2) is 0 Å². The summed E-state index contributed by atoms with van der Waals surface area (Å²) in [5.74, 6) is -19.2. The van der Waals surface area contributed by atoms with Crippen LogP contribution in [0.2, 0.25) is 12.1 Å². The number of hydrogen-bond donors (Lipinski definition) is 0. The first-order chi connectivity index (χ1) is 18.4. The van der Waals surface area contributed by atoms with Gasteiger partial charge in [0.25, 0.3) is 0 Å². The molecule has 0 amide bonds. The third-order valence-corrected chi connectivity index (χ3v) is 11.1. The molecule has 0 fully saturated rings. The fraction of sp³-hybridized carbons (Fsp3) is 0.955. The monoisotopic (exact) mass is 641 g/mol. The second-order valence-corrected chi connectivity index (χ2v) is 13.3. The zero-order valence-electron chi connectivity index (χ0n) is 23.6. The summed E-state index contributed by atoms with van der Waals surface area (Å²) in [5.41, 5.74) is 0. The Balaban J connectivity index is 0. The highest BCUT2D eigenvalue weighted by atomic mass is 28.4. The molecule has 0 spiro atoms. The Morgan fingerprint density at radius 2 is 0.875 bits per heavy atom. The molecule has 240 valence electrons. The van der Waals surface area contributed by atoms with Crippen LogP contribution in [0.3, 0.4) is 0 Å². The van der Waals surface area contributed by atoms with Crippen molar-refractivity contribution in [3.05, 3.63) is 0 Å². The molecule has 0 saturated heterocycles. The summed E-state index contributed by atoms with van der Waals surface area (Å²) < 4.78 is 148. The summed E-state index contributed by atoms with van der Waals surface area (Å²) >= 11 is 0. The topological polar surface area (TPSA) is 79.2 Å². The summed E-state index contributed by atoms with van der Waals surface area (Å²) in [4.78, 5) is 0. The van der Waals surface area contributed by atoms with E-state index in [-0.39, 0.29) is 19.8 Å². The van der Waals surface area contributed by atoms with Crippen LogP contribution >= 0.6 is 0 Å². The lowest BCUT2D eigenvalue weighted by atomic mass is 10.0. The molecule has 18 heteroatoms. The van der Waals surface area contributed by atoms with Gasteiger partial charge in [0.2, 0.25) is 0 Å². The van der Waals surface area contributed by atoms with Gasteiger partial charge in [-0.1, -0.05) is 0 Å². The first-order valence-corrected chi connectivity index (χ1v) is 16.7. The molecule has 0 N–H and O–H groups in total. The van der Waals surface area contributed by atoms with Gasteiger partial charge in [0.15, 0.2) is 0 Å². The van der Waals surface area contributed by atoms with E-state index < -0.39 is 54.0 Å². The molecule has 0 aliphatic rings. The summed E-state index contributed by atoms with van der Waals surface area (Å²) in [6.45, 7) is 11.5. The van der Waals surface area contributed by atoms with Gasteiger partial charge in [-0.05, 0) is 48.0 Å². The van der Waals surface area contributed by atoms with Crippen molar-refractivity contribution in [2.45, 2.75) is 96.8 Å². The van der Waals surface area contributed by atoms with Crippen LogP contribution in [0.25, 0.3) is 0 Å². The molecule has 0 aromatic rings. The van der Waals surface area contributed by atoms with Crippen molar-refractivity contribution in [3.8, 4) is 6.07 Å². The Kier molecular flexibility index (Phi) is 19.1. The van der Waals surface area contributed by atoms with Gasteiger partial charge < -0.3 is 26.6 Å². The lowest BCUT2D eigenvalue weighted by Crippen LogP contribution is -2.61. The SMILES string of the molecule is CCO[Si](CCC(F)(F)C(F)(F)C(F)(F)C(F)(F)F)(OCC)OCC.CCO[Si](CCCC#N)(OCC)OCC. The average molecular weight is 642 g/mol. The molecule has 0 unspecified atom stereocenters. The van der Waals surface area contributed by atoms with E-state index in [4.69, 9.17) is 31.8 Å². The number of nitriles is 1. The Morgan fingerprint density at radius 1 is 0.550 bits per heavy atom. The molecule has 40 heavy (non-hydrogen) atoms. The summed E-state index contributed by atoms with van der Waals surface area (Å²) in [5, 5.41) is 8.50. The van der Waals surface area contributed by atoms with E-state index >= 15 is 0 Å².